The predicted molar refractivity (Wildman–Crippen MR) is 91.2 cm³/mol. The average Bonchev–Trinajstić information content (AvgIpc) is 2.96. The van der Waals surface area contributed by atoms with Crippen molar-refractivity contribution in [1.29, 1.82) is 0 Å². The predicted octanol–water partition coefficient (Wildman–Crippen LogP) is 5.02. The van der Waals surface area contributed by atoms with Gasteiger partial charge in [-0.2, -0.15) is 5.10 Å². The summed E-state index contributed by atoms with van der Waals surface area (Å²) in [5.41, 5.74) is 2.33. The largest absolute Gasteiger partial charge is 0.508 e. The molecule has 0 spiro atoms. The molecule has 0 bridgehead atoms. The van der Waals surface area contributed by atoms with Gasteiger partial charge in [-0.1, -0.05) is 32.9 Å². The van der Waals surface area contributed by atoms with Gasteiger partial charge in [0.25, 0.3) is 0 Å². The SMILES string of the molecule is CC(C)(C)C1=NN(c2ccc(F)c(F)c2)C(c2ccc(O)cc2)C1. The van der Waals surface area contributed by atoms with E-state index in [0.29, 0.717) is 12.1 Å². The molecule has 0 aliphatic carbocycles. The lowest BCUT2D eigenvalue weighted by Gasteiger charge is -2.24. The van der Waals surface area contributed by atoms with Crippen molar-refractivity contribution in [2.75, 3.05) is 5.01 Å². The Bertz CT molecular complexity index is 779. The molecule has 1 aliphatic heterocycles. The minimum absolute atomic E-state index is 0.121. The second-order valence-electron chi connectivity index (χ2n) is 7.05. The van der Waals surface area contributed by atoms with Gasteiger partial charge in [0.05, 0.1) is 11.7 Å². The minimum atomic E-state index is -0.892. The number of hydrogen-bond donors (Lipinski definition) is 1. The number of benzene rings is 2. The third-order valence-corrected chi connectivity index (χ3v) is 4.22. The van der Waals surface area contributed by atoms with Crippen molar-refractivity contribution in [1.82, 2.24) is 0 Å². The molecule has 0 amide bonds. The van der Waals surface area contributed by atoms with Crippen molar-refractivity contribution in [2.24, 2.45) is 10.5 Å². The van der Waals surface area contributed by atoms with E-state index in [1.165, 1.54) is 6.07 Å². The van der Waals surface area contributed by atoms with Crippen molar-refractivity contribution in [2.45, 2.75) is 33.2 Å². The van der Waals surface area contributed by atoms with E-state index in [-0.39, 0.29) is 17.2 Å². The Morgan fingerprint density at radius 2 is 1.71 bits per heavy atom. The Balaban J connectivity index is 2.03. The lowest BCUT2D eigenvalue weighted by Crippen LogP contribution is -2.19. The van der Waals surface area contributed by atoms with Crippen LogP contribution in [-0.2, 0) is 0 Å². The van der Waals surface area contributed by atoms with E-state index < -0.39 is 11.6 Å². The van der Waals surface area contributed by atoms with Crippen LogP contribution in [0.1, 0.15) is 38.8 Å². The third kappa shape index (κ3) is 3.11. The van der Waals surface area contributed by atoms with Crippen LogP contribution in [0, 0.1) is 17.0 Å². The Morgan fingerprint density at radius 3 is 2.29 bits per heavy atom. The fourth-order valence-electron chi connectivity index (χ4n) is 2.79. The van der Waals surface area contributed by atoms with Gasteiger partial charge >= 0.3 is 0 Å². The molecular formula is C19H20F2N2O. The number of phenolic OH excluding ortho intramolecular Hbond substituents is 1. The van der Waals surface area contributed by atoms with Crippen molar-refractivity contribution in [3.8, 4) is 5.75 Å². The molecular weight excluding hydrogens is 310 g/mol. The zero-order valence-electron chi connectivity index (χ0n) is 13.9. The number of anilines is 1. The normalized spacial score (nSPS) is 18.0. The molecule has 3 nitrogen and oxygen atoms in total. The van der Waals surface area contributed by atoms with E-state index in [4.69, 9.17) is 0 Å². The van der Waals surface area contributed by atoms with Crippen LogP contribution in [0.15, 0.2) is 47.6 Å². The number of hydrogen-bond acceptors (Lipinski definition) is 3. The van der Waals surface area contributed by atoms with Crippen LogP contribution >= 0.6 is 0 Å². The highest BCUT2D eigenvalue weighted by molar-refractivity contribution is 5.93. The van der Waals surface area contributed by atoms with Crippen LogP contribution in [0.4, 0.5) is 14.5 Å². The summed E-state index contributed by atoms with van der Waals surface area (Å²) in [6, 6.07) is 10.6. The molecule has 1 atom stereocenters. The second kappa shape index (κ2) is 5.89. The van der Waals surface area contributed by atoms with Gasteiger partial charge in [-0.25, -0.2) is 8.78 Å². The smallest absolute Gasteiger partial charge is 0.160 e. The van der Waals surface area contributed by atoms with Crippen LogP contribution in [-0.4, -0.2) is 10.8 Å². The zero-order valence-corrected chi connectivity index (χ0v) is 13.9. The highest BCUT2D eigenvalue weighted by atomic mass is 19.2. The number of rotatable bonds is 2. The monoisotopic (exact) mass is 330 g/mol. The second-order valence-corrected chi connectivity index (χ2v) is 7.05. The molecule has 2 aromatic rings. The zero-order chi connectivity index (χ0) is 17.5. The van der Waals surface area contributed by atoms with Gasteiger partial charge in [0.15, 0.2) is 11.6 Å². The first-order valence-corrected chi connectivity index (χ1v) is 7.87. The maximum absolute atomic E-state index is 13.7. The van der Waals surface area contributed by atoms with E-state index >= 15 is 0 Å². The number of phenols is 1. The van der Waals surface area contributed by atoms with Gasteiger partial charge in [-0.05, 0) is 29.8 Å². The molecule has 0 aromatic heterocycles. The molecule has 5 heteroatoms. The van der Waals surface area contributed by atoms with Crippen LogP contribution < -0.4 is 5.01 Å². The maximum Gasteiger partial charge on any atom is 0.160 e. The topological polar surface area (TPSA) is 35.8 Å². The van der Waals surface area contributed by atoms with E-state index in [2.05, 4.69) is 25.9 Å². The number of hydrazone groups is 1. The molecule has 1 N–H and O–H groups in total. The molecule has 126 valence electrons. The standard InChI is InChI=1S/C19H20F2N2O/c1-19(2,3)18-11-17(12-4-7-14(24)8-5-12)23(22-18)13-6-9-15(20)16(21)10-13/h4-10,17,24H,11H2,1-3H3. The summed E-state index contributed by atoms with van der Waals surface area (Å²) in [5.74, 6) is -1.58. The quantitative estimate of drug-likeness (QED) is 0.839. The highest BCUT2D eigenvalue weighted by Crippen LogP contribution is 2.39. The molecule has 0 fully saturated rings. The summed E-state index contributed by atoms with van der Waals surface area (Å²) < 4.78 is 26.9. The molecule has 1 aliphatic rings. The fraction of sp³-hybridized carbons (Fsp3) is 0.316. The Morgan fingerprint density at radius 1 is 1.04 bits per heavy atom. The van der Waals surface area contributed by atoms with Gasteiger partial charge in [-0.3, -0.25) is 5.01 Å². The lowest BCUT2D eigenvalue weighted by molar-refractivity contribution is 0.474. The van der Waals surface area contributed by atoms with E-state index in [0.717, 1.165) is 23.4 Å². The summed E-state index contributed by atoms with van der Waals surface area (Å²) >= 11 is 0. The molecule has 1 unspecified atom stereocenters. The van der Waals surface area contributed by atoms with Crippen molar-refractivity contribution in [3.05, 3.63) is 59.7 Å². The van der Waals surface area contributed by atoms with Gasteiger partial charge in [-0.15, -0.1) is 0 Å². The first-order valence-electron chi connectivity index (χ1n) is 7.87. The van der Waals surface area contributed by atoms with Crippen LogP contribution in [0.25, 0.3) is 0 Å². The summed E-state index contributed by atoms with van der Waals surface area (Å²) in [6.07, 6.45) is 0.688. The molecule has 3 rings (SSSR count). The highest BCUT2D eigenvalue weighted by Gasteiger charge is 2.34. The number of nitrogens with zero attached hydrogens (tertiary/aromatic N) is 2. The first-order chi connectivity index (χ1) is 11.3. The average molecular weight is 330 g/mol. The van der Waals surface area contributed by atoms with Gasteiger partial charge < -0.3 is 5.11 Å². The summed E-state index contributed by atoms with van der Waals surface area (Å²) in [6.45, 7) is 6.23. The lowest BCUT2D eigenvalue weighted by atomic mass is 9.86. The van der Waals surface area contributed by atoms with Crippen molar-refractivity contribution < 1.29 is 13.9 Å². The van der Waals surface area contributed by atoms with Gasteiger partial charge in [0, 0.05) is 23.6 Å². The van der Waals surface area contributed by atoms with Crippen LogP contribution in [0.3, 0.4) is 0 Å². The van der Waals surface area contributed by atoms with Gasteiger partial charge in [0.1, 0.15) is 5.75 Å². The Kier molecular flexibility index (Phi) is 4.03. The molecule has 24 heavy (non-hydrogen) atoms. The summed E-state index contributed by atoms with van der Waals surface area (Å²) in [4.78, 5) is 0. The third-order valence-electron chi connectivity index (χ3n) is 4.22. The van der Waals surface area contributed by atoms with E-state index in [1.54, 1.807) is 17.1 Å². The van der Waals surface area contributed by atoms with Crippen LogP contribution in [0.5, 0.6) is 5.75 Å². The Labute approximate surface area is 140 Å². The summed E-state index contributed by atoms with van der Waals surface area (Å²) in [7, 11) is 0. The minimum Gasteiger partial charge on any atom is -0.508 e. The number of halogens is 2. The fourth-order valence-corrected chi connectivity index (χ4v) is 2.79. The molecule has 0 radical (unpaired) electrons. The van der Waals surface area contributed by atoms with Crippen molar-refractivity contribution >= 4 is 11.4 Å². The van der Waals surface area contributed by atoms with Gasteiger partial charge in [0.2, 0.25) is 0 Å². The van der Waals surface area contributed by atoms with Crippen LogP contribution in [0.2, 0.25) is 0 Å². The number of aromatic hydroxyl groups is 1. The van der Waals surface area contributed by atoms with E-state index in [9.17, 15) is 13.9 Å². The Hall–Kier alpha value is -2.43. The molecule has 0 saturated heterocycles. The molecule has 2 aromatic carbocycles. The summed E-state index contributed by atoms with van der Waals surface area (Å²) in [5, 5.41) is 15.9. The molecule has 0 saturated carbocycles. The van der Waals surface area contributed by atoms with E-state index in [1.807, 2.05) is 12.1 Å². The first kappa shape index (κ1) is 16.4. The molecule has 1 heterocycles. The maximum atomic E-state index is 13.7. The van der Waals surface area contributed by atoms with Crippen molar-refractivity contribution in [3.63, 3.8) is 0 Å².